The second-order valence-electron chi connectivity index (χ2n) is 4.69. The van der Waals surface area contributed by atoms with E-state index >= 15 is 0 Å². The standard InChI is InChI=1S/C14H13FN2O/c15-11-6-4-9(5-7-11)14(18)17-16-13-8-10-2-1-3-12(10)13/h1-2,4-7,10,12H,3,8H2,(H,17,18)/b16-13+/t10-,12+/m1/s1. The van der Waals surface area contributed by atoms with Crippen molar-refractivity contribution in [2.75, 3.05) is 0 Å². The highest BCUT2D eigenvalue weighted by molar-refractivity contribution is 5.98. The molecule has 3 rings (SSSR count). The van der Waals surface area contributed by atoms with E-state index in [4.69, 9.17) is 0 Å². The summed E-state index contributed by atoms with van der Waals surface area (Å²) in [6.07, 6.45) is 6.34. The number of hydrogen-bond acceptors (Lipinski definition) is 2. The molecular weight excluding hydrogens is 231 g/mol. The molecule has 2 atom stereocenters. The molecule has 2 aliphatic rings. The number of hydrogen-bond donors (Lipinski definition) is 1. The SMILES string of the molecule is O=C(N/N=C1\C[C@H]2C=CC[C@H]12)c1ccc(F)cc1. The third-order valence-electron chi connectivity index (χ3n) is 3.57. The highest BCUT2D eigenvalue weighted by Gasteiger charge is 2.37. The van der Waals surface area contributed by atoms with Gasteiger partial charge >= 0.3 is 0 Å². The fourth-order valence-corrected chi connectivity index (χ4v) is 2.45. The minimum atomic E-state index is -0.350. The van der Waals surface area contributed by atoms with E-state index in [2.05, 4.69) is 22.7 Å². The van der Waals surface area contributed by atoms with E-state index in [0.717, 1.165) is 18.6 Å². The summed E-state index contributed by atoms with van der Waals surface area (Å²) < 4.78 is 12.7. The highest BCUT2D eigenvalue weighted by Crippen LogP contribution is 2.40. The molecule has 0 bridgehead atoms. The lowest BCUT2D eigenvalue weighted by molar-refractivity contribution is 0.0954. The number of carbonyl (C=O) groups is 1. The largest absolute Gasteiger partial charge is 0.271 e. The summed E-state index contributed by atoms with van der Waals surface area (Å²) in [5.74, 6) is 0.457. The Labute approximate surface area is 104 Å². The van der Waals surface area contributed by atoms with Gasteiger partial charge in [-0.1, -0.05) is 12.2 Å². The lowest BCUT2D eigenvalue weighted by atomic mass is 9.74. The number of benzene rings is 1. The summed E-state index contributed by atoms with van der Waals surface area (Å²) in [4.78, 5) is 11.7. The van der Waals surface area contributed by atoms with Crippen LogP contribution in [0.15, 0.2) is 41.5 Å². The first-order valence-corrected chi connectivity index (χ1v) is 6.03. The molecule has 3 nitrogen and oxygen atoms in total. The third kappa shape index (κ3) is 1.94. The van der Waals surface area contributed by atoms with Gasteiger partial charge in [-0.2, -0.15) is 5.10 Å². The van der Waals surface area contributed by atoms with Crippen LogP contribution in [0.3, 0.4) is 0 Å². The normalized spacial score (nSPS) is 26.8. The number of nitrogens with one attached hydrogen (secondary N) is 1. The van der Waals surface area contributed by atoms with Gasteiger partial charge in [0.1, 0.15) is 5.82 Å². The summed E-state index contributed by atoms with van der Waals surface area (Å²) in [6, 6.07) is 5.43. The van der Waals surface area contributed by atoms with Gasteiger partial charge < -0.3 is 0 Å². The van der Waals surface area contributed by atoms with Crippen LogP contribution in [0.1, 0.15) is 23.2 Å². The van der Waals surface area contributed by atoms with Gasteiger partial charge in [0.25, 0.3) is 5.91 Å². The first-order chi connectivity index (χ1) is 8.74. The van der Waals surface area contributed by atoms with Gasteiger partial charge in [-0.25, -0.2) is 9.82 Å². The van der Waals surface area contributed by atoms with E-state index in [0.29, 0.717) is 17.4 Å². The van der Waals surface area contributed by atoms with Gasteiger partial charge in [-0.05, 0) is 43.0 Å². The molecule has 1 N–H and O–H groups in total. The summed E-state index contributed by atoms with van der Waals surface area (Å²) in [7, 11) is 0. The molecule has 0 saturated heterocycles. The van der Waals surface area contributed by atoms with Crippen molar-refractivity contribution in [3.8, 4) is 0 Å². The number of halogens is 1. The van der Waals surface area contributed by atoms with Gasteiger partial charge in [0.15, 0.2) is 0 Å². The summed E-state index contributed by atoms with van der Waals surface area (Å²) >= 11 is 0. The number of carbonyl (C=O) groups excluding carboxylic acids is 1. The van der Waals surface area contributed by atoms with Crippen LogP contribution in [0.4, 0.5) is 4.39 Å². The van der Waals surface area contributed by atoms with Crippen molar-refractivity contribution >= 4 is 11.6 Å². The zero-order valence-electron chi connectivity index (χ0n) is 9.77. The molecule has 2 aliphatic carbocycles. The smallest absolute Gasteiger partial charge is 0.267 e. The Morgan fingerprint density at radius 2 is 2.11 bits per heavy atom. The molecule has 18 heavy (non-hydrogen) atoms. The topological polar surface area (TPSA) is 41.5 Å². The highest BCUT2D eigenvalue weighted by atomic mass is 19.1. The predicted molar refractivity (Wildman–Crippen MR) is 66.7 cm³/mol. The van der Waals surface area contributed by atoms with E-state index < -0.39 is 0 Å². The van der Waals surface area contributed by atoms with Crippen molar-refractivity contribution in [1.29, 1.82) is 0 Å². The van der Waals surface area contributed by atoms with E-state index in [1.807, 2.05) is 0 Å². The Morgan fingerprint density at radius 1 is 1.33 bits per heavy atom. The number of nitrogens with zero attached hydrogens (tertiary/aromatic N) is 1. The number of amides is 1. The molecule has 0 unspecified atom stereocenters. The molecule has 1 fully saturated rings. The van der Waals surface area contributed by atoms with Crippen LogP contribution >= 0.6 is 0 Å². The Kier molecular flexibility index (Phi) is 2.70. The molecule has 0 heterocycles. The van der Waals surface area contributed by atoms with Crippen LogP contribution in [-0.4, -0.2) is 11.6 Å². The number of hydrazone groups is 1. The Bertz CT molecular complexity index is 533. The Balaban J connectivity index is 1.62. The van der Waals surface area contributed by atoms with Crippen LogP contribution in [0.2, 0.25) is 0 Å². The average Bonchev–Trinajstić information content (AvgIpc) is 2.72. The van der Waals surface area contributed by atoms with Crippen LogP contribution in [0.25, 0.3) is 0 Å². The molecule has 1 saturated carbocycles. The lowest BCUT2D eigenvalue weighted by Gasteiger charge is -2.31. The minimum Gasteiger partial charge on any atom is -0.267 e. The molecule has 0 radical (unpaired) electrons. The maximum atomic E-state index is 12.7. The molecule has 0 spiro atoms. The third-order valence-corrected chi connectivity index (χ3v) is 3.57. The van der Waals surface area contributed by atoms with E-state index in [-0.39, 0.29) is 11.7 Å². The molecule has 1 aromatic carbocycles. The average molecular weight is 244 g/mol. The zero-order chi connectivity index (χ0) is 12.5. The first-order valence-electron chi connectivity index (χ1n) is 6.03. The van der Waals surface area contributed by atoms with Gasteiger partial charge in [0, 0.05) is 17.2 Å². The van der Waals surface area contributed by atoms with Crippen LogP contribution in [-0.2, 0) is 0 Å². The van der Waals surface area contributed by atoms with Crippen molar-refractivity contribution in [3.05, 3.63) is 47.8 Å². The van der Waals surface area contributed by atoms with Gasteiger partial charge in [0.2, 0.25) is 0 Å². The maximum absolute atomic E-state index is 12.7. The number of allylic oxidation sites excluding steroid dienone is 2. The lowest BCUT2D eigenvalue weighted by Crippen LogP contribution is -2.35. The Hall–Kier alpha value is -1.97. The van der Waals surface area contributed by atoms with Crippen LogP contribution < -0.4 is 5.43 Å². The van der Waals surface area contributed by atoms with Crippen molar-refractivity contribution in [2.24, 2.45) is 16.9 Å². The molecule has 1 amide bonds. The van der Waals surface area contributed by atoms with E-state index in [9.17, 15) is 9.18 Å². The predicted octanol–water partition coefficient (Wildman–Crippen LogP) is 2.51. The molecule has 0 aromatic heterocycles. The first kappa shape index (κ1) is 11.1. The van der Waals surface area contributed by atoms with Gasteiger partial charge in [-0.15, -0.1) is 0 Å². The monoisotopic (exact) mass is 244 g/mol. The van der Waals surface area contributed by atoms with Crippen molar-refractivity contribution < 1.29 is 9.18 Å². The van der Waals surface area contributed by atoms with Crippen LogP contribution in [0.5, 0.6) is 0 Å². The summed E-state index contributed by atoms with van der Waals surface area (Å²) in [5.41, 5.74) is 4.01. The van der Waals surface area contributed by atoms with Gasteiger partial charge in [0.05, 0.1) is 0 Å². The zero-order valence-corrected chi connectivity index (χ0v) is 9.77. The maximum Gasteiger partial charge on any atom is 0.271 e. The fraction of sp³-hybridized carbons (Fsp3) is 0.286. The molecular formula is C14H13FN2O. The van der Waals surface area contributed by atoms with Crippen molar-refractivity contribution in [2.45, 2.75) is 12.8 Å². The second kappa shape index (κ2) is 4.37. The van der Waals surface area contributed by atoms with E-state index in [1.165, 1.54) is 24.3 Å². The summed E-state index contributed by atoms with van der Waals surface area (Å²) in [5, 5.41) is 4.15. The van der Waals surface area contributed by atoms with Crippen LogP contribution in [0, 0.1) is 17.7 Å². The molecule has 4 heteroatoms. The van der Waals surface area contributed by atoms with E-state index in [1.54, 1.807) is 0 Å². The summed E-state index contributed by atoms with van der Waals surface area (Å²) in [6.45, 7) is 0. The van der Waals surface area contributed by atoms with Crippen molar-refractivity contribution in [3.63, 3.8) is 0 Å². The molecule has 0 aliphatic heterocycles. The number of rotatable bonds is 2. The quantitative estimate of drug-likeness (QED) is 0.630. The number of fused-ring (bicyclic) bond motifs is 1. The molecule has 1 aromatic rings. The minimum absolute atomic E-state index is 0.295. The second-order valence-corrected chi connectivity index (χ2v) is 4.69. The van der Waals surface area contributed by atoms with Gasteiger partial charge in [-0.3, -0.25) is 4.79 Å². The molecule has 92 valence electrons. The van der Waals surface area contributed by atoms with Crippen molar-refractivity contribution in [1.82, 2.24) is 5.43 Å². The Morgan fingerprint density at radius 3 is 2.83 bits per heavy atom. The fourth-order valence-electron chi connectivity index (χ4n) is 2.45.